The quantitative estimate of drug-likeness (QED) is 0.368. The molecule has 0 bridgehead atoms. The first-order valence-corrected chi connectivity index (χ1v) is 10.0. The number of ether oxygens (including phenoxy) is 1. The van der Waals surface area contributed by atoms with Crippen molar-refractivity contribution in [2.45, 2.75) is 19.9 Å². The molecule has 1 unspecified atom stereocenters. The SMILES string of the molecule is COc1c(C)cc(C)cc1/C(O)=C1\C(=O)C(=O)N(c2ccccc2O)C1c1ccccn1. The lowest BCUT2D eigenvalue weighted by Crippen LogP contribution is -2.29. The van der Waals surface area contributed by atoms with Crippen molar-refractivity contribution in [3.8, 4) is 11.5 Å². The first kappa shape index (κ1) is 21.1. The first-order valence-electron chi connectivity index (χ1n) is 10.0. The monoisotopic (exact) mass is 430 g/mol. The number of phenols is 1. The zero-order valence-corrected chi connectivity index (χ0v) is 17.9. The number of aliphatic hydroxyl groups excluding tert-OH is 1. The molecule has 1 amide bonds. The number of aromatic nitrogens is 1. The van der Waals surface area contributed by atoms with E-state index in [1.165, 1.54) is 30.3 Å². The molecule has 1 fully saturated rings. The summed E-state index contributed by atoms with van der Waals surface area (Å²) in [6.07, 6.45) is 1.54. The lowest BCUT2D eigenvalue weighted by molar-refractivity contribution is -0.132. The smallest absolute Gasteiger partial charge is 0.300 e. The van der Waals surface area contributed by atoms with E-state index in [9.17, 15) is 19.8 Å². The topological polar surface area (TPSA) is 100.0 Å². The van der Waals surface area contributed by atoms with Gasteiger partial charge >= 0.3 is 0 Å². The van der Waals surface area contributed by atoms with E-state index in [0.29, 0.717) is 17.0 Å². The van der Waals surface area contributed by atoms with Gasteiger partial charge in [-0.05, 0) is 55.3 Å². The van der Waals surface area contributed by atoms with Gasteiger partial charge in [0.25, 0.3) is 11.7 Å². The summed E-state index contributed by atoms with van der Waals surface area (Å²) in [6.45, 7) is 3.69. The average Bonchev–Trinajstić information content (AvgIpc) is 3.04. The lowest BCUT2D eigenvalue weighted by atomic mass is 9.95. The maximum Gasteiger partial charge on any atom is 0.300 e. The molecule has 0 saturated carbocycles. The molecule has 0 spiro atoms. The number of nitrogens with zero attached hydrogens (tertiary/aromatic N) is 2. The third-order valence-electron chi connectivity index (χ3n) is 5.43. The summed E-state index contributed by atoms with van der Waals surface area (Å²) in [5.74, 6) is -1.86. The molecule has 2 aromatic carbocycles. The minimum atomic E-state index is -1.03. The van der Waals surface area contributed by atoms with E-state index in [0.717, 1.165) is 11.1 Å². The Morgan fingerprint density at radius 2 is 1.78 bits per heavy atom. The van der Waals surface area contributed by atoms with E-state index in [1.54, 1.807) is 36.4 Å². The molecule has 4 rings (SSSR count). The number of phenolic OH excluding ortho intramolecular Hbond substituents is 1. The Morgan fingerprint density at radius 3 is 2.44 bits per heavy atom. The Balaban J connectivity index is 2.02. The van der Waals surface area contributed by atoms with Crippen LogP contribution in [0.15, 0.2) is 66.4 Å². The van der Waals surface area contributed by atoms with Crippen LogP contribution in [0.5, 0.6) is 11.5 Å². The molecule has 7 nitrogen and oxygen atoms in total. The van der Waals surface area contributed by atoms with Gasteiger partial charge < -0.3 is 14.9 Å². The fourth-order valence-corrected chi connectivity index (χ4v) is 4.11. The number of anilines is 1. The Labute approximate surface area is 185 Å². The van der Waals surface area contributed by atoms with Gasteiger partial charge in [-0.3, -0.25) is 19.5 Å². The van der Waals surface area contributed by atoms with Crippen LogP contribution >= 0.6 is 0 Å². The number of aromatic hydroxyl groups is 1. The number of hydrogen-bond donors (Lipinski definition) is 2. The van der Waals surface area contributed by atoms with Crippen LogP contribution < -0.4 is 9.64 Å². The van der Waals surface area contributed by atoms with Crippen molar-refractivity contribution >= 4 is 23.1 Å². The molecule has 0 aliphatic carbocycles. The maximum absolute atomic E-state index is 13.2. The van der Waals surface area contributed by atoms with Gasteiger partial charge in [-0.25, -0.2) is 0 Å². The number of ketones is 1. The molecule has 1 saturated heterocycles. The second-order valence-electron chi connectivity index (χ2n) is 7.58. The standard InChI is InChI=1S/C25H22N2O5/c1-14-12-15(2)24(32-3)16(13-14)22(29)20-21(17-8-6-7-11-26-17)27(25(31)23(20)30)18-9-4-5-10-19(18)28/h4-13,21,28-29H,1-3H3/b22-20+. The van der Waals surface area contributed by atoms with Crippen LogP contribution in [-0.2, 0) is 9.59 Å². The molecule has 1 aromatic heterocycles. The van der Waals surface area contributed by atoms with E-state index in [1.807, 2.05) is 19.9 Å². The zero-order valence-electron chi connectivity index (χ0n) is 17.9. The highest BCUT2D eigenvalue weighted by molar-refractivity contribution is 6.51. The highest BCUT2D eigenvalue weighted by atomic mass is 16.5. The van der Waals surface area contributed by atoms with E-state index < -0.39 is 17.7 Å². The van der Waals surface area contributed by atoms with Crippen LogP contribution in [0.3, 0.4) is 0 Å². The van der Waals surface area contributed by atoms with E-state index in [4.69, 9.17) is 4.74 Å². The number of pyridine rings is 1. The van der Waals surface area contributed by atoms with Crippen LogP contribution in [0.4, 0.5) is 5.69 Å². The number of methoxy groups -OCH3 is 1. The van der Waals surface area contributed by atoms with Crippen molar-refractivity contribution in [3.63, 3.8) is 0 Å². The van der Waals surface area contributed by atoms with Gasteiger partial charge in [0.05, 0.1) is 29.6 Å². The molecule has 1 atom stereocenters. The molecule has 0 radical (unpaired) electrons. The zero-order chi connectivity index (χ0) is 23.0. The maximum atomic E-state index is 13.2. The molecule has 3 aromatic rings. The second-order valence-corrected chi connectivity index (χ2v) is 7.58. The molecule has 7 heteroatoms. The summed E-state index contributed by atoms with van der Waals surface area (Å²) in [5.41, 5.74) is 2.34. The number of aliphatic hydroxyl groups is 1. The van der Waals surface area contributed by atoms with Gasteiger partial charge in [0.15, 0.2) is 0 Å². The third-order valence-corrected chi connectivity index (χ3v) is 5.43. The summed E-state index contributed by atoms with van der Waals surface area (Å²) < 4.78 is 5.49. The number of Topliss-reactive ketones (excluding diaryl/α,β-unsaturated/α-hetero) is 1. The van der Waals surface area contributed by atoms with Crippen molar-refractivity contribution < 1.29 is 24.5 Å². The van der Waals surface area contributed by atoms with Gasteiger partial charge in [0, 0.05) is 6.20 Å². The molecule has 1 aliphatic heterocycles. The normalized spacial score (nSPS) is 17.6. The lowest BCUT2D eigenvalue weighted by Gasteiger charge is -2.25. The average molecular weight is 430 g/mol. The predicted octanol–water partition coefficient (Wildman–Crippen LogP) is 4.04. The van der Waals surface area contributed by atoms with Crippen molar-refractivity contribution in [1.29, 1.82) is 0 Å². The number of carbonyl (C=O) groups is 2. The number of benzene rings is 2. The van der Waals surface area contributed by atoms with Crippen LogP contribution in [0.25, 0.3) is 5.76 Å². The number of hydrogen-bond acceptors (Lipinski definition) is 6. The molecule has 1 aliphatic rings. The largest absolute Gasteiger partial charge is 0.507 e. The molecule has 2 heterocycles. The molecule has 32 heavy (non-hydrogen) atoms. The van der Waals surface area contributed by atoms with E-state index in [2.05, 4.69) is 4.98 Å². The van der Waals surface area contributed by atoms with Gasteiger partial charge in [-0.1, -0.05) is 24.3 Å². The summed E-state index contributed by atoms with van der Waals surface area (Å²) in [6, 6.07) is 13.9. The number of aryl methyl sites for hydroxylation is 2. The highest BCUT2D eigenvalue weighted by Crippen LogP contribution is 2.45. The van der Waals surface area contributed by atoms with Crippen LogP contribution in [-0.4, -0.2) is 34.0 Å². The van der Waals surface area contributed by atoms with Crippen LogP contribution in [0.1, 0.15) is 28.4 Å². The van der Waals surface area contributed by atoms with E-state index >= 15 is 0 Å². The fraction of sp³-hybridized carbons (Fsp3) is 0.160. The predicted molar refractivity (Wildman–Crippen MR) is 120 cm³/mol. The summed E-state index contributed by atoms with van der Waals surface area (Å²) in [5, 5.41) is 21.8. The minimum Gasteiger partial charge on any atom is -0.507 e. The summed E-state index contributed by atoms with van der Waals surface area (Å²) >= 11 is 0. The Kier molecular flexibility index (Phi) is 5.40. The van der Waals surface area contributed by atoms with Gasteiger partial charge in [-0.2, -0.15) is 0 Å². The Hall–Kier alpha value is -4.13. The van der Waals surface area contributed by atoms with Crippen LogP contribution in [0.2, 0.25) is 0 Å². The third kappa shape index (κ3) is 3.37. The van der Waals surface area contributed by atoms with Crippen molar-refractivity contribution in [2.24, 2.45) is 0 Å². The Morgan fingerprint density at radius 1 is 1.06 bits per heavy atom. The number of amides is 1. The number of rotatable bonds is 4. The minimum absolute atomic E-state index is 0.125. The highest BCUT2D eigenvalue weighted by Gasteiger charge is 2.48. The van der Waals surface area contributed by atoms with Gasteiger partial charge in [0.1, 0.15) is 23.3 Å². The molecular weight excluding hydrogens is 408 g/mol. The summed E-state index contributed by atoms with van der Waals surface area (Å²) in [4.78, 5) is 31.8. The van der Waals surface area contributed by atoms with Crippen molar-refractivity contribution in [1.82, 2.24) is 4.98 Å². The molecule has 2 N–H and O–H groups in total. The molecule has 162 valence electrons. The fourth-order valence-electron chi connectivity index (χ4n) is 4.11. The van der Waals surface area contributed by atoms with Crippen molar-refractivity contribution in [2.75, 3.05) is 12.0 Å². The van der Waals surface area contributed by atoms with Crippen molar-refractivity contribution in [3.05, 3.63) is 88.8 Å². The number of para-hydroxylation sites is 2. The summed E-state index contributed by atoms with van der Waals surface area (Å²) in [7, 11) is 1.48. The second kappa shape index (κ2) is 8.19. The number of carbonyl (C=O) groups excluding carboxylic acids is 2. The van der Waals surface area contributed by atoms with Crippen LogP contribution in [0, 0.1) is 13.8 Å². The van der Waals surface area contributed by atoms with Gasteiger partial charge in [-0.15, -0.1) is 0 Å². The molecular formula is C25H22N2O5. The Bertz CT molecular complexity index is 1250. The van der Waals surface area contributed by atoms with E-state index in [-0.39, 0.29) is 22.8 Å². The van der Waals surface area contributed by atoms with Gasteiger partial charge in [0.2, 0.25) is 0 Å². The first-order chi connectivity index (χ1) is 15.3.